The maximum atomic E-state index is 13.1. The van der Waals surface area contributed by atoms with Gasteiger partial charge in [-0.2, -0.15) is 0 Å². The fraction of sp³-hybridized carbons (Fsp3) is 0.632. The molecule has 1 aliphatic heterocycles. The monoisotopic (exact) mass is 316 g/mol. The lowest BCUT2D eigenvalue weighted by Gasteiger charge is -2.35. The van der Waals surface area contributed by atoms with Crippen LogP contribution in [-0.4, -0.2) is 55.0 Å². The van der Waals surface area contributed by atoms with Crippen molar-refractivity contribution in [3.8, 4) is 5.75 Å². The Bertz CT molecular complexity index is 538. The molecule has 0 saturated heterocycles. The minimum atomic E-state index is 0.0759. The number of carbonyl (C=O) groups excluding carboxylic acids is 1. The lowest BCUT2D eigenvalue weighted by Crippen LogP contribution is -2.45. The molecule has 0 radical (unpaired) electrons. The maximum Gasteiger partial charge on any atom is 0.257 e. The van der Waals surface area contributed by atoms with Gasteiger partial charge in [0.25, 0.3) is 5.91 Å². The molecule has 23 heavy (non-hydrogen) atoms. The van der Waals surface area contributed by atoms with E-state index in [1.165, 1.54) is 19.3 Å². The third-order valence-electron chi connectivity index (χ3n) is 4.99. The number of hydrogen-bond donors (Lipinski definition) is 0. The Morgan fingerprint density at radius 3 is 2.65 bits per heavy atom. The highest BCUT2D eigenvalue weighted by Crippen LogP contribution is 2.30. The highest BCUT2D eigenvalue weighted by atomic mass is 16.5. The maximum absolute atomic E-state index is 13.1. The summed E-state index contributed by atoms with van der Waals surface area (Å²) in [6, 6.07) is 8.10. The Balaban J connectivity index is 1.84. The van der Waals surface area contributed by atoms with Crippen molar-refractivity contribution < 1.29 is 9.53 Å². The molecule has 1 amide bonds. The van der Waals surface area contributed by atoms with Crippen molar-refractivity contribution in [2.45, 2.75) is 50.7 Å². The molecule has 4 heteroatoms. The highest BCUT2D eigenvalue weighted by Gasteiger charge is 2.33. The number of hydrogen-bond acceptors (Lipinski definition) is 3. The van der Waals surface area contributed by atoms with Crippen LogP contribution in [0.2, 0.25) is 0 Å². The zero-order valence-electron chi connectivity index (χ0n) is 14.3. The lowest BCUT2D eigenvalue weighted by molar-refractivity contribution is 0.0542. The van der Waals surface area contributed by atoms with Crippen molar-refractivity contribution in [2.24, 2.45) is 0 Å². The molecule has 0 aromatic heterocycles. The van der Waals surface area contributed by atoms with Gasteiger partial charge in [0.15, 0.2) is 0 Å². The quantitative estimate of drug-likeness (QED) is 0.855. The Labute approximate surface area is 139 Å². The van der Waals surface area contributed by atoms with E-state index >= 15 is 0 Å². The molecule has 1 unspecified atom stereocenters. The summed E-state index contributed by atoms with van der Waals surface area (Å²) in [6.45, 7) is 1.69. The average molecular weight is 316 g/mol. The Morgan fingerprint density at radius 1 is 1.17 bits per heavy atom. The Kier molecular flexibility index (Phi) is 5.21. The molecule has 0 bridgehead atoms. The first-order valence-corrected chi connectivity index (χ1v) is 8.86. The van der Waals surface area contributed by atoms with Crippen molar-refractivity contribution in [2.75, 3.05) is 27.2 Å². The molecule has 0 spiro atoms. The predicted octanol–water partition coefficient (Wildman–Crippen LogP) is 3.17. The SMILES string of the molecule is CN(C)CCC1CN(C2CCCCC2)C(=O)c2ccccc2O1. The molecule has 4 nitrogen and oxygen atoms in total. The van der Waals surface area contributed by atoms with Crippen LogP contribution in [-0.2, 0) is 0 Å². The van der Waals surface area contributed by atoms with Crippen molar-refractivity contribution in [3.05, 3.63) is 29.8 Å². The van der Waals surface area contributed by atoms with Gasteiger partial charge in [-0.1, -0.05) is 31.4 Å². The molecule has 1 saturated carbocycles. The second-order valence-corrected chi connectivity index (χ2v) is 7.08. The molecular formula is C19H28N2O2. The average Bonchev–Trinajstić information content (AvgIpc) is 2.71. The third kappa shape index (κ3) is 3.86. The van der Waals surface area contributed by atoms with Crippen LogP contribution in [0.25, 0.3) is 0 Å². The first-order valence-electron chi connectivity index (χ1n) is 8.86. The number of rotatable bonds is 4. The van der Waals surface area contributed by atoms with Crippen LogP contribution in [0.3, 0.4) is 0 Å². The van der Waals surface area contributed by atoms with E-state index in [-0.39, 0.29) is 12.0 Å². The fourth-order valence-electron chi connectivity index (χ4n) is 3.68. The van der Waals surface area contributed by atoms with Gasteiger partial charge in [-0.3, -0.25) is 4.79 Å². The lowest BCUT2D eigenvalue weighted by atomic mass is 9.93. The molecule has 126 valence electrons. The van der Waals surface area contributed by atoms with Crippen molar-refractivity contribution >= 4 is 5.91 Å². The molecule has 2 aliphatic rings. The molecule has 1 fully saturated rings. The van der Waals surface area contributed by atoms with Crippen LogP contribution in [0.15, 0.2) is 24.3 Å². The third-order valence-corrected chi connectivity index (χ3v) is 4.99. The van der Waals surface area contributed by atoms with E-state index in [2.05, 4.69) is 23.9 Å². The fourth-order valence-corrected chi connectivity index (χ4v) is 3.68. The summed E-state index contributed by atoms with van der Waals surface area (Å²) in [7, 11) is 4.16. The van der Waals surface area contributed by atoms with Gasteiger partial charge in [0.05, 0.1) is 12.1 Å². The molecular weight excluding hydrogens is 288 g/mol. The van der Waals surface area contributed by atoms with E-state index in [0.717, 1.165) is 37.1 Å². The summed E-state index contributed by atoms with van der Waals surface area (Å²) >= 11 is 0. The summed E-state index contributed by atoms with van der Waals surface area (Å²) in [4.78, 5) is 17.3. The van der Waals surface area contributed by atoms with E-state index in [4.69, 9.17) is 4.74 Å². The molecule has 1 aromatic rings. The van der Waals surface area contributed by atoms with Crippen molar-refractivity contribution in [1.82, 2.24) is 9.80 Å². The number of ether oxygens (including phenoxy) is 1. The minimum Gasteiger partial charge on any atom is -0.488 e. The Hall–Kier alpha value is -1.55. The number of carbonyl (C=O) groups is 1. The van der Waals surface area contributed by atoms with Gasteiger partial charge in [-0.25, -0.2) is 0 Å². The van der Waals surface area contributed by atoms with Crippen molar-refractivity contribution in [3.63, 3.8) is 0 Å². The predicted molar refractivity (Wildman–Crippen MR) is 91.9 cm³/mol. The second kappa shape index (κ2) is 7.35. The number of nitrogens with zero attached hydrogens (tertiary/aromatic N) is 2. The van der Waals surface area contributed by atoms with Crippen LogP contribution >= 0.6 is 0 Å². The number of amides is 1. The van der Waals surface area contributed by atoms with Gasteiger partial charge >= 0.3 is 0 Å². The van der Waals surface area contributed by atoms with Crippen LogP contribution in [0.4, 0.5) is 0 Å². The van der Waals surface area contributed by atoms with Gasteiger partial charge in [-0.15, -0.1) is 0 Å². The summed E-state index contributed by atoms with van der Waals surface area (Å²) in [6.07, 6.45) is 7.06. The molecule has 1 atom stereocenters. The van der Waals surface area contributed by atoms with Crippen LogP contribution in [0.1, 0.15) is 48.9 Å². The molecule has 0 N–H and O–H groups in total. The first kappa shape index (κ1) is 16.3. The summed E-state index contributed by atoms with van der Waals surface area (Å²) in [5.74, 6) is 0.902. The number of fused-ring (bicyclic) bond motifs is 1. The Morgan fingerprint density at radius 2 is 1.91 bits per heavy atom. The van der Waals surface area contributed by atoms with Crippen LogP contribution in [0, 0.1) is 0 Å². The van der Waals surface area contributed by atoms with Crippen LogP contribution in [0.5, 0.6) is 5.75 Å². The summed E-state index contributed by atoms with van der Waals surface area (Å²) in [5.41, 5.74) is 0.727. The second-order valence-electron chi connectivity index (χ2n) is 7.08. The van der Waals surface area contributed by atoms with Gasteiger partial charge in [-0.05, 0) is 45.5 Å². The smallest absolute Gasteiger partial charge is 0.257 e. The van der Waals surface area contributed by atoms with E-state index in [0.29, 0.717) is 12.6 Å². The van der Waals surface area contributed by atoms with E-state index < -0.39 is 0 Å². The number of para-hydroxylation sites is 1. The van der Waals surface area contributed by atoms with Gasteiger partial charge in [0.1, 0.15) is 11.9 Å². The normalized spacial score (nSPS) is 22.7. The summed E-state index contributed by atoms with van der Waals surface area (Å²) in [5, 5.41) is 0. The minimum absolute atomic E-state index is 0.0759. The van der Waals surface area contributed by atoms with Gasteiger partial charge in [0.2, 0.25) is 0 Å². The molecule has 3 rings (SSSR count). The zero-order valence-corrected chi connectivity index (χ0v) is 14.3. The summed E-state index contributed by atoms with van der Waals surface area (Å²) < 4.78 is 6.21. The standard InChI is InChI=1S/C19H28N2O2/c1-20(2)13-12-16-14-21(15-8-4-3-5-9-15)19(22)17-10-6-7-11-18(17)23-16/h6-7,10-11,15-16H,3-5,8-9,12-14H2,1-2H3. The van der Waals surface area contributed by atoms with Gasteiger partial charge < -0.3 is 14.5 Å². The zero-order chi connectivity index (χ0) is 16.2. The highest BCUT2D eigenvalue weighted by molar-refractivity contribution is 5.97. The van der Waals surface area contributed by atoms with Gasteiger partial charge in [0, 0.05) is 12.6 Å². The topological polar surface area (TPSA) is 32.8 Å². The van der Waals surface area contributed by atoms with Crippen molar-refractivity contribution in [1.29, 1.82) is 0 Å². The molecule has 1 heterocycles. The number of benzene rings is 1. The van der Waals surface area contributed by atoms with E-state index in [9.17, 15) is 4.79 Å². The van der Waals surface area contributed by atoms with E-state index in [1.807, 2.05) is 24.3 Å². The first-order chi connectivity index (χ1) is 11.1. The molecule has 1 aliphatic carbocycles. The largest absolute Gasteiger partial charge is 0.488 e. The van der Waals surface area contributed by atoms with E-state index in [1.54, 1.807) is 0 Å². The molecule has 1 aromatic carbocycles. The van der Waals surface area contributed by atoms with Crippen LogP contribution < -0.4 is 4.74 Å².